The first-order valence-corrected chi connectivity index (χ1v) is 6.26. The van der Waals surface area contributed by atoms with Crippen LogP contribution in [0.3, 0.4) is 0 Å². The van der Waals surface area contributed by atoms with E-state index in [0.29, 0.717) is 0 Å². The van der Waals surface area contributed by atoms with Crippen molar-refractivity contribution in [2.24, 2.45) is 0 Å². The first-order chi connectivity index (χ1) is 6.61. The van der Waals surface area contributed by atoms with E-state index in [1.54, 1.807) is 14.2 Å². The lowest BCUT2D eigenvalue weighted by atomic mass is 10.1. The van der Waals surface area contributed by atoms with Crippen molar-refractivity contribution in [3.8, 4) is 0 Å². The van der Waals surface area contributed by atoms with E-state index >= 15 is 0 Å². The van der Waals surface area contributed by atoms with Crippen molar-refractivity contribution in [1.82, 2.24) is 0 Å². The third-order valence-electron chi connectivity index (χ3n) is 2.78. The lowest BCUT2D eigenvalue weighted by Gasteiger charge is -2.16. The topological polar surface area (TPSA) is 18.5 Å². The minimum Gasteiger partial charge on any atom is -0.397 e. The first-order valence-electron chi connectivity index (χ1n) is 4.74. The zero-order chi connectivity index (χ0) is 10.7. The molecule has 0 spiro atoms. The summed E-state index contributed by atoms with van der Waals surface area (Å²) in [4.78, 5) is 0. The molecule has 0 aliphatic rings. The second-order valence-corrected chi connectivity index (χ2v) is 5.75. The van der Waals surface area contributed by atoms with E-state index < -0.39 is 9.28 Å². The number of rotatable bonds is 3. The van der Waals surface area contributed by atoms with Crippen LogP contribution in [0, 0.1) is 20.8 Å². The molecule has 3 heteroatoms. The molecule has 0 unspecified atom stereocenters. The summed E-state index contributed by atoms with van der Waals surface area (Å²) in [5, 5.41) is 1.25. The van der Waals surface area contributed by atoms with Crippen molar-refractivity contribution in [2.45, 2.75) is 20.8 Å². The highest BCUT2D eigenvalue weighted by atomic mass is 28.3. The number of aryl methyl sites for hydroxylation is 1. The standard InChI is InChI=1S/C11H18O2Si/c1-8-6-7-11(10(3)9(8)2)14(12-4)13-5/h6-7,14H,1-5H3. The minimum atomic E-state index is -1.64. The summed E-state index contributed by atoms with van der Waals surface area (Å²) in [5.41, 5.74) is 3.98. The first kappa shape index (κ1) is 11.4. The fourth-order valence-corrected chi connectivity index (χ4v) is 3.11. The lowest BCUT2D eigenvalue weighted by molar-refractivity contribution is 0.291. The summed E-state index contributed by atoms with van der Waals surface area (Å²) in [6.45, 7) is 6.41. The molecule has 0 saturated heterocycles. The smallest absolute Gasteiger partial charge is 0.355 e. The third kappa shape index (κ3) is 2.05. The van der Waals surface area contributed by atoms with Gasteiger partial charge in [-0.25, -0.2) is 0 Å². The van der Waals surface area contributed by atoms with Gasteiger partial charge < -0.3 is 8.85 Å². The van der Waals surface area contributed by atoms with Gasteiger partial charge in [-0.3, -0.25) is 0 Å². The summed E-state index contributed by atoms with van der Waals surface area (Å²) in [7, 11) is 1.80. The maximum absolute atomic E-state index is 5.38. The van der Waals surface area contributed by atoms with Gasteiger partial charge in [0.05, 0.1) is 0 Å². The summed E-state index contributed by atoms with van der Waals surface area (Å²) in [6.07, 6.45) is 0. The average Bonchev–Trinajstić information content (AvgIpc) is 2.19. The Hall–Kier alpha value is -0.643. The predicted molar refractivity (Wildman–Crippen MR) is 61.5 cm³/mol. The van der Waals surface area contributed by atoms with Crippen molar-refractivity contribution < 1.29 is 8.85 Å². The van der Waals surface area contributed by atoms with Gasteiger partial charge in [0.25, 0.3) is 0 Å². The van der Waals surface area contributed by atoms with Crippen LogP contribution in [0.1, 0.15) is 16.7 Å². The summed E-state index contributed by atoms with van der Waals surface area (Å²) in [6, 6.07) is 4.26. The van der Waals surface area contributed by atoms with E-state index in [4.69, 9.17) is 8.85 Å². The quantitative estimate of drug-likeness (QED) is 0.701. The lowest BCUT2D eigenvalue weighted by Crippen LogP contribution is -2.37. The van der Waals surface area contributed by atoms with Gasteiger partial charge in [-0.05, 0) is 42.6 Å². The van der Waals surface area contributed by atoms with Gasteiger partial charge >= 0.3 is 9.28 Å². The molecule has 0 fully saturated rings. The van der Waals surface area contributed by atoms with Gasteiger partial charge in [-0.1, -0.05) is 12.1 Å². The molecule has 0 aliphatic heterocycles. The van der Waals surface area contributed by atoms with E-state index in [2.05, 4.69) is 32.9 Å². The van der Waals surface area contributed by atoms with E-state index in [1.807, 2.05) is 0 Å². The van der Waals surface area contributed by atoms with E-state index in [-0.39, 0.29) is 0 Å². The normalized spacial score (nSPS) is 11.0. The Morgan fingerprint density at radius 2 is 1.50 bits per heavy atom. The second kappa shape index (κ2) is 4.73. The molecule has 0 bridgehead atoms. The van der Waals surface area contributed by atoms with Crippen molar-refractivity contribution in [2.75, 3.05) is 14.2 Å². The molecule has 0 heterocycles. The highest BCUT2D eigenvalue weighted by Crippen LogP contribution is 2.10. The molecule has 14 heavy (non-hydrogen) atoms. The van der Waals surface area contributed by atoms with Gasteiger partial charge in [-0.15, -0.1) is 0 Å². The van der Waals surface area contributed by atoms with Crippen molar-refractivity contribution in [3.05, 3.63) is 28.8 Å². The number of hydrogen-bond donors (Lipinski definition) is 0. The van der Waals surface area contributed by atoms with E-state index in [1.165, 1.54) is 21.9 Å². The molecule has 0 amide bonds. The molecule has 0 saturated carbocycles. The van der Waals surface area contributed by atoms with Gasteiger partial charge in [0.1, 0.15) is 0 Å². The largest absolute Gasteiger partial charge is 0.397 e. The third-order valence-corrected chi connectivity index (χ3v) is 4.77. The Morgan fingerprint density at radius 3 is 2.00 bits per heavy atom. The average molecular weight is 210 g/mol. The van der Waals surface area contributed by atoms with Crippen LogP contribution >= 0.6 is 0 Å². The molecule has 78 valence electrons. The molecule has 1 rings (SSSR count). The molecule has 0 N–H and O–H groups in total. The molecule has 2 nitrogen and oxygen atoms in total. The highest BCUT2D eigenvalue weighted by molar-refractivity contribution is 6.61. The molecule has 1 aromatic carbocycles. The minimum absolute atomic E-state index is 1.25. The second-order valence-electron chi connectivity index (χ2n) is 3.53. The van der Waals surface area contributed by atoms with Crippen LogP contribution in [0.5, 0.6) is 0 Å². The van der Waals surface area contributed by atoms with Crippen LogP contribution in [0.15, 0.2) is 12.1 Å². The van der Waals surface area contributed by atoms with Gasteiger partial charge in [0.15, 0.2) is 0 Å². The van der Waals surface area contributed by atoms with E-state index in [0.717, 1.165) is 0 Å². The Labute approximate surface area is 87.7 Å². The Bertz CT molecular complexity index is 319. The fraction of sp³-hybridized carbons (Fsp3) is 0.455. The van der Waals surface area contributed by atoms with E-state index in [9.17, 15) is 0 Å². The maximum Gasteiger partial charge on any atom is 0.355 e. The van der Waals surface area contributed by atoms with Crippen LogP contribution in [0.25, 0.3) is 0 Å². The zero-order valence-corrected chi connectivity index (χ0v) is 10.7. The number of benzene rings is 1. The SMILES string of the molecule is CO[SiH](OC)c1ccc(C)c(C)c1C. The summed E-state index contributed by atoms with van der Waals surface area (Å²) >= 11 is 0. The molecule has 0 radical (unpaired) electrons. The van der Waals surface area contributed by atoms with Gasteiger partial charge in [0, 0.05) is 14.2 Å². The Balaban J connectivity index is 3.16. The van der Waals surface area contributed by atoms with Crippen molar-refractivity contribution in [3.63, 3.8) is 0 Å². The van der Waals surface area contributed by atoms with Crippen LogP contribution in [-0.4, -0.2) is 23.5 Å². The molecule has 0 atom stereocenters. The molecular weight excluding hydrogens is 192 g/mol. The molecule has 1 aromatic rings. The van der Waals surface area contributed by atoms with Crippen LogP contribution < -0.4 is 5.19 Å². The maximum atomic E-state index is 5.38. The summed E-state index contributed by atoms with van der Waals surface area (Å²) < 4.78 is 10.8. The zero-order valence-electron chi connectivity index (χ0n) is 9.55. The highest BCUT2D eigenvalue weighted by Gasteiger charge is 2.16. The molecular formula is C11H18O2Si. The number of hydrogen-bond acceptors (Lipinski definition) is 2. The summed E-state index contributed by atoms with van der Waals surface area (Å²) in [5.74, 6) is 0. The Kier molecular flexibility index (Phi) is 3.86. The molecule has 0 aromatic heterocycles. The Morgan fingerprint density at radius 1 is 0.929 bits per heavy atom. The van der Waals surface area contributed by atoms with Gasteiger partial charge in [-0.2, -0.15) is 0 Å². The van der Waals surface area contributed by atoms with Crippen LogP contribution in [0.4, 0.5) is 0 Å². The van der Waals surface area contributed by atoms with Crippen LogP contribution in [0.2, 0.25) is 0 Å². The molecule has 0 aliphatic carbocycles. The van der Waals surface area contributed by atoms with Crippen molar-refractivity contribution in [1.29, 1.82) is 0 Å². The fourth-order valence-electron chi connectivity index (χ4n) is 1.58. The van der Waals surface area contributed by atoms with Gasteiger partial charge in [0.2, 0.25) is 0 Å². The van der Waals surface area contributed by atoms with Crippen molar-refractivity contribution >= 4 is 14.5 Å². The monoisotopic (exact) mass is 210 g/mol. The van der Waals surface area contributed by atoms with Crippen LogP contribution in [-0.2, 0) is 8.85 Å². The predicted octanol–water partition coefficient (Wildman–Crippen LogP) is 1.33.